The van der Waals surface area contributed by atoms with Crippen molar-refractivity contribution >= 4 is 5.78 Å². The molecule has 3 nitrogen and oxygen atoms in total. The number of ketones is 1. The van der Waals surface area contributed by atoms with Crippen molar-refractivity contribution in [2.75, 3.05) is 20.3 Å². The van der Waals surface area contributed by atoms with Crippen molar-refractivity contribution in [1.29, 1.82) is 0 Å². The Hall–Kier alpha value is -0.410. The fraction of sp³-hybridized carbons (Fsp3) is 0.909. The minimum absolute atomic E-state index is 0.169. The molecule has 1 aliphatic heterocycles. The maximum atomic E-state index is 11.5. The van der Waals surface area contributed by atoms with Gasteiger partial charge in [-0.3, -0.25) is 9.69 Å². The predicted molar refractivity (Wildman–Crippen MR) is 56.3 cm³/mol. The van der Waals surface area contributed by atoms with E-state index in [9.17, 15) is 4.79 Å². The molecule has 0 saturated carbocycles. The van der Waals surface area contributed by atoms with Crippen LogP contribution in [0.4, 0.5) is 0 Å². The molecule has 0 N–H and O–H groups in total. The summed E-state index contributed by atoms with van der Waals surface area (Å²) in [6, 6.07) is 0.756. The van der Waals surface area contributed by atoms with Crippen LogP contribution < -0.4 is 0 Å². The molecule has 0 amide bonds. The molecule has 82 valence electrons. The summed E-state index contributed by atoms with van der Waals surface area (Å²) in [6.45, 7) is 7.94. The Morgan fingerprint density at radius 2 is 2.21 bits per heavy atom. The number of carbonyl (C=O) groups excluding carboxylic acids is 1. The molecule has 1 rings (SSSR count). The van der Waals surface area contributed by atoms with Crippen LogP contribution in [0, 0.1) is 5.92 Å². The number of hydrogen-bond donors (Lipinski definition) is 0. The maximum Gasteiger partial charge on any atom is 0.138 e. The monoisotopic (exact) mass is 199 g/mol. The van der Waals surface area contributed by atoms with Crippen LogP contribution in [0.5, 0.6) is 0 Å². The highest BCUT2D eigenvalue weighted by Gasteiger charge is 2.32. The quantitative estimate of drug-likeness (QED) is 0.686. The van der Waals surface area contributed by atoms with Crippen molar-refractivity contribution in [2.45, 2.75) is 39.3 Å². The lowest BCUT2D eigenvalue weighted by atomic mass is 9.90. The number of piperidine rings is 1. The summed E-state index contributed by atoms with van der Waals surface area (Å²) in [5.74, 6) is 0.571. The molecule has 0 aromatic heterocycles. The average molecular weight is 199 g/mol. The van der Waals surface area contributed by atoms with Crippen LogP contribution in [-0.4, -0.2) is 43.0 Å². The van der Waals surface area contributed by atoms with Crippen LogP contribution in [0.3, 0.4) is 0 Å². The van der Waals surface area contributed by atoms with Crippen LogP contribution in [0.2, 0.25) is 0 Å². The Labute approximate surface area is 86.4 Å². The molecule has 0 aromatic rings. The third kappa shape index (κ3) is 2.34. The highest BCUT2D eigenvalue weighted by Crippen LogP contribution is 2.22. The minimum atomic E-state index is 0.169. The summed E-state index contributed by atoms with van der Waals surface area (Å²) < 4.78 is 5.14. The van der Waals surface area contributed by atoms with Crippen LogP contribution in [0.25, 0.3) is 0 Å². The standard InChI is InChI=1S/C11H21NO2/c1-8(7-14-4)12-6-5-11(13)9(2)10(12)3/h8-10H,5-7H2,1-4H3. The Morgan fingerprint density at radius 3 is 2.79 bits per heavy atom. The number of nitrogens with zero attached hydrogens (tertiary/aromatic N) is 1. The molecule has 1 aliphatic rings. The van der Waals surface area contributed by atoms with Crippen LogP contribution >= 0.6 is 0 Å². The van der Waals surface area contributed by atoms with Crippen LogP contribution in [0.1, 0.15) is 27.2 Å². The number of Topliss-reactive ketones (excluding diaryl/α,β-unsaturated/α-hetero) is 1. The lowest BCUT2D eigenvalue weighted by molar-refractivity contribution is -0.129. The third-order valence-corrected chi connectivity index (χ3v) is 3.35. The van der Waals surface area contributed by atoms with Crippen molar-refractivity contribution in [2.24, 2.45) is 5.92 Å². The molecule has 0 aromatic carbocycles. The van der Waals surface area contributed by atoms with E-state index in [-0.39, 0.29) is 5.92 Å². The zero-order valence-corrected chi connectivity index (χ0v) is 9.62. The van der Waals surface area contributed by atoms with Gasteiger partial charge in [0.25, 0.3) is 0 Å². The molecular formula is C11H21NO2. The first-order chi connectivity index (χ1) is 6.57. The van der Waals surface area contributed by atoms with Crippen LogP contribution in [-0.2, 0) is 9.53 Å². The van der Waals surface area contributed by atoms with E-state index in [1.165, 1.54) is 0 Å². The number of hydrogen-bond acceptors (Lipinski definition) is 3. The van der Waals surface area contributed by atoms with Gasteiger partial charge in [0.15, 0.2) is 0 Å². The molecule has 1 saturated heterocycles. The van der Waals surface area contributed by atoms with Crippen molar-refractivity contribution in [3.8, 4) is 0 Å². The van der Waals surface area contributed by atoms with Gasteiger partial charge in [0.05, 0.1) is 6.61 Å². The average Bonchev–Trinajstić information content (AvgIpc) is 2.15. The van der Waals surface area contributed by atoms with Gasteiger partial charge in [-0.25, -0.2) is 0 Å². The van der Waals surface area contributed by atoms with Crippen molar-refractivity contribution < 1.29 is 9.53 Å². The second-order valence-electron chi connectivity index (χ2n) is 4.29. The fourth-order valence-electron chi connectivity index (χ4n) is 2.19. The van der Waals surface area contributed by atoms with E-state index in [2.05, 4.69) is 18.7 Å². The van der Waals surface area contributed by atoms with Gasteiger partial charge >= 0.3 is 0 Å². The highest BCUT2D eigenvalue weighted by molar-refractivity contribution is 5.82. The number of methoxy groups -OCH3 is 1. The van der Waals surface area contributed by atoms with Gasteiger partial charge in [-0.15, -0.1) is 0 Å². The smallest absolute Gasteiger partial charge is 0.138 e. The molecule has 0 radical (unpaired) electrons. The number of ether oxygens (including phenoxy) is 1. The van der Waals surface area contributed by atoms with Gasteiger partial charge in [-0.1, -0.05) is 6.92 Å². The van der Waals surface area contributed by atoms with Gasteiger partial charge in [0.2, 0.25) is 0 Å². The van der Waals surface area contributed by atoms with Crippen molar-refractivity contribution in [3.05, 3.63) is 0 Å². The normalized spacial score (nSPS) is 31.9. The second kappa shape index (κ2) is 4.89. The van der Waals surface area contributed by atoms with E-state index >= 15 is 0 Å². The summed E-state index contributed by atoms with van der Waals surface area (Å²) in [6.07, 6.45) is 0.694. The maximum absolute atomic E-state index is 11.5. The summed E-state index contributed by atoms with van der Waals surface area (Å²) in [5, 5.41) is 0. The molecule has 1 fully saturated rings. The van der Waals surface area contributed by atoms with Gasteiger partial charge in [0, 0.05) is 38.1 Å². The summed E-state index contributed by atoms with van der Waals surface area (Å²) in [7, 11) is 1.72. The summed E-state index contributed by atoms with van der Waals surface area (Å²) >= 11 is 0. The van der Waals surface area contributed by atoms with E-state index in [0.29, 0.717) is 24.3 Å². The number of rotatable bonds is 3. The zero-order valence-electron chi connectivity index (χ0n) is 9.62. The molecule has 3 unspecified atom stereocenters. The topological polar surface area (TPSA) is 29.5 Å². The van der Waals surface area contributed by atoms with Crippen LogP contribution in [0.15, 0.2) is 0 Å². The Morgan fingerprint density at radius 1 is 1.57 bits per heavy atom. The Bertz CT molecular complexity index is 205. The molecule has 1 heterocycles. The molecule has 0 aliphatic carbocycles. The van der Waals surface area contributed by atoms with E-state index in [4.69, 9.17) is 4.74 Å². The molecular weight excluding hydrogens is 178 g/mol. The van der Waals surface area contributed by atoms with Gasteiger partial charge in [-0.2, -0.15) is 0 Å². The SMILES string of the molecule is COCC(C)N1CCC(=O)C(C)C1C. The van der Waals surface area contributed by atoms with Gasteiger partial charge in [-0.05, 0) is 13.8 Å². The zero-order chi connectivity index (χ0) is 10.7. The Kier molecular flexibility index (Phi) is 4.08. The number of likely N-dealkylation sites (tertiary alicyclic amines) is 1. The molecule has 0 spiro atoms. The molecule has 14 heavy (non-hydrogen) atoms. The lowest BCUT2D eigenvalue weighted by Crippen LogP contribution is -2.51. The van der Waals surface area contributed by atoms with Gasteiger partial charge in [0.1, 0.15) is 5.78 Å². The second-order valence-corrected chi connectivity index (χ2v) is 4.29. The molecule has 3 atom stereocenters. The summed E-state index contributed by atoms with van der Waals surface area (Å²) in [5.41, 5.74) is 0. The molecule has 0 bridgehead atoms. The first-order valence-corrected chi connectivity index (χ1v) is 5.35. The van der Waals surface area contributed by atoms with E-state index < -0.39 is 0 Å². The predicted octanol–water partition coefficient (Wildman–Crippen LogP) is 1.32. The largest absolute Gasteiger partial charge is 0.383 e. The Balaban J connectivity index is 2.58. The first-order valence-electron chi connectivity index (χ1n) is 5.35. The molecule has 3 heteroatoms. The van der Waals surface area contributed by atoms with Crippen molar-refractivity contribution in [3.63, 3.8) is 0 Å². The van der Waals surface area contributed by atoms with E-state index in [0.717, 1.165) is 13.2 Å². The van der Waals surface area contributed by atoms with Crippen molar-refractivity contribution in [1.82, 2.24) is 4.90 Å². The fourth-order valence-corrected chi connectivity index (χ4v) is 2.19. The summed E-state index contributed by atoms with van der Waals surface area (Å²) in [4.78, 5) is 13.8. The van der Waals surface area contributed by atoms with Gasteiger partial charge < -0.3 is 4.74 Å². The third-order valence-electron chi connectivity index (χ3n) is 3.35. The van der Waals surface area contributed by atoms with E-state index in [1.54, 1.807) is 7.11 Å². The minimum Gasteiger partial charge on any atom is -0.383 e. The van der Waals surface area contributed by atoms with E-state index in [1.807, 2.05) is 6.92 Å². The lowest BCUT2D eigenvalue weighted by Gasteiger charge is -2.40. The highest BCUT2D eigenvalue weighted by atomic mass is 16.5. The number of carbonyl (C=O) groups is 1. The first kappa shape index (κ1) is 11.7.